The Bertz CT molecular complexity index is 168. The van der Waals surface area contributed by atoms with Crippen molar-refractivity contribution in [1.29, 1.82) is 0 Å². The molecular formula is C6H12N2O2S. The van der Waals surface area contributed by atoms with Gasteiger partial charge in [0.15, 0.2) is 0 Å². The molecule has 0 fully saturated rings. The van der Waals surface area contributed by atoms with Crippen molar-refractivity contribution in [3.8, 4) is 0 Å². The van der Waals surface area contributed by atoms with E-state index in [1.54, 1.807) is 21.0 Å². The summed E-state index contributed by atoms with van der Waals surface area (Å²) in [5.41, 5.74) is 0. The molecule has 1 amide bonds. The molecule has 4 nitrogen and oxygen atoms in total. The Hall–Kier alpha value is -0.710. The molecule has 11 heavy (non-hydrogen) atoms. The zero-order chi connectivity index (χ0) is 8.85. The van der Waals surface area contributed by atoms with Crippen molar-refractivity contribution in [3.05, 3.63) is 0 Å². The van der Waals surface area contributed by atoms with Gasteiger partial charge in [-0.15, -0.1) is 0 Å². The maximum atomic E-state index is 10.9. The minimum absolute atomic E-state index is 0.0120. The van der Waals surface area contributed by atoms with E-state index in [4.69, 9.17) is 5.21 Å². The van der Waals surface area contributed by atoms with Gasteiger partial charge in [-0.1, -0.05) is 16.9 Å². The van der Waals surface area contributed by atoms with E-state index in [0.717, 1.165) is 0 Å². The molecule has 64 valence electrons. The molecule has 0 saturated carbocycles. The highest BCUT2D eigenvalue weighted by atomic mass is 32.2. The molecule has 0 heterocycles. The second kappa shape index (κ2) is 5.01. The zero-order valence-electron chi connectivity index (χ0n) is 6.87. The zero-order valence-corrected chi connectivity index (χ0v) is 7.68. The van der Waals surface area contributed by atoms with Crippen LogP contribution in [0.2, 0.25) is 0 Å². The number of hydrogen-bond acceptors (Lipinski definition) is 4. The van der Waals surface area contributed by atoms with Gasteiger partial charge in [0.1, 0.15) is 5.04 Å². The normalized spacial score (nSPS) is 11.4. The van der Waals surface area contributed by atoms with E-state index in [1.807, 2.05) is 0 Å². The third-order valence-corrected chi connectivity index (χ3v) is 1.93. The first-order chi connectivity index (χ1) is 5.07. The molecule has 0 bridgehead atoms. The number of carbonyl (C=O) groups excluding carboxylic acids is 1. The van der Waals surface area contributed by atoms with Gasteiger partial charge in [0.2, 0.25) is 5.91 Å². The molecular weight excluding hydrogens is 164 g/mol. The highest BCUT2D eigenvalue weighted by Gasteiger charge is 2.04. The third-order valence-electron chi connectivity index (χ3n) is 1.04. The second-order valence-electron chi connectivity index (χ2n) is 2.20. The van der Waals surface area contributed by atoms with Crippen LogP contribution < -0.4 is 0 Å². The Morgan fingerprint density at radius 1 is 1.64 bits per heavy atom. The van der Waals surface area contributed by atoms with Crippen LogP contribution in [-0.4, -0.2) is 40.9 Å². The minimum Gasteiger partial charge on any atom is -0.410 e. The Labute approximate surface area is 70.3 Å². The topological polar surface area (TPSA) is 52.9 Å². The summed E-state index contributed by atoms with van der Waals surface area (Å²) in [7, 11) is 3.38. The van der Waals surface area contributed by atoms with Gasteiger partial charge in [-0.2, -0.15) is 0 Å². The number of hydrogen-bond donors (Lipinski definition) is 1. The summed E-state index contributed by atoms with van der Waals surface area (Å²) in [4.78, 5) is 12.4. The molecule has 5 heteroatoms. The van der Waals surface area contributed by atoms with Crippen molar-refractivity contribution in [2.45, 2.75) is 6.92 Å². The van der Waals surface area contributed by atoms with E-state index in [-0.39, 0.29) is 5.91 Å². The van der Waals surface area contributed by atoms with E-state index in [0.29, 0.717) is 10.8 Å². The number of amides is 1. The number of carbonyl (C=O) groups is 1. The first kappa shape index (κ1) is 10.3. The van der Waals surface area contributed by atoms with Crippen LogP contribution in [0.5, 0.6) is 0 Å². The molecule has 0 aliphatic rings. The fourth-order valence-electron chi connectivity index (χ4n) is 0.324. The van der Waals surface area contributed by atoms with Crippen LogP contribution in [0.4, 0.5) is 0 Å². The summed E-state index contributed by atoms with van der Waals surface area (Å²) in [5, 5.41) is 11.7. The van der Waals surface area contributed by atoms with Crippen LogP contribution in [0.15, 0.2) is 5.16 Å². The van der Waals surface area contributed by atoms with E-state index in [1.165, 1.54) is 16.7 Å². The molecule has 0 radical (unpaired) electrons. The van der Waals surface area contributed by atoms with E-state index < -0.39 is 0 Å². The van der Waals surface area contributed by atoms with Gasteiger partial charge in [-0.3, -0.25) is 4.79 Å². The summed E-state index contributed by atoms with van der Waals surface area (Å²) in [6, 6.07) is 0. The van der Waals surface area contributed by atoms with E-state index in [2.05, 4.69) is 5.16 Å². The summed E-state index contributed by atoms with van der Waals surface area (Å²) in [6.07, 6.45) is 0. The molecule has 1 N–H and O–H groups in total. The van der Waals surface area contributed by atoms with Gasteiger partial charge in [-0.05, 0) is 6.92 Å². The molecule has 0 aromatic carbocycles. The molecule has 0 atom stereocenters. The lowest BCUT2D eigenvalue weighted by Gasteiger charge is -2.08. The fourth-order valence-corrected chi connectivity index (χ4v) is 0.972. The monoisotopic (exact) mass is 176 g/mol. The first-order valence-corrected chi connectivity index (χ1v) is 4.08. The number of thioether (sulfide) groups is 1. The lowest BCUT2D eigenvalue weighted by Crippen LogP contribution is -2.23. The molecule has 0 aromatic heterocycles. The number of nitrogens with zero attached hydrogens (tertiary/aromatic N) is 2. The average Bonchev–Trinajstić information content (AvgIpc) is 1.99. The average molecular weight is 176 g/mol. The van der Waals surface area contributed by atoms with Crippen LogP contribution in [0.3, 0.4) is 0 Å². The standard InChI is InChI=1S/C6H12N2O2S/c1-5(7-10)11-4-6(9)8(2)3/h10H,4H2,1-3H3. The Balaban J connectivity index is 3.63. The van der Waals surface area contributed by atoms with Crippen LogP contribution >= 0.6 is 11.8 Å². The third kappa shape index (κ3) is 4.66. The number of oxime groups is 1. The van der Waals surface area contributed by atoms with Crippen molar-refractivity contribution in [1.82, 2.24) is 4.90 Å². The van der Waals surface area contributed by atoms with Crippen LogP contribution in [-0.2, 0) is 4.79 Å². The summed E-state index contributed by atoms with van der Waals surface area (Å²) in [6.45, 7) is 1.65. The molecule has 0 spiro atoms. The molecule has 0 rings (SSSR count). The smallest absolute Gasteiger partial charge is 0.232 e. The van der Waals surface area contributed by atoms with Gasteiger partial charge >= 0.3 is 0 Å². The summed E-state index contributed by atoms with van der Waals surface area (Å²) >= 11 is 1.22. The Morgan fingerprint density at radius 3 is 2.55 bits per heavy atom. The van der Waals surface area contributed by atoms with E-state index >= 15 is 0 Å². The predicted molar refractivity (Wildman–Crippen MR) is 46.0 cm³/mol. The first-order valence-electron chi connectivity index (χ1n) is 3.09. The number of rotatable bonds is 2. The quantitative estimate of drug-likeness (QED) is 0.290. The highest BCUT2D eigenvalue weighted by molar-refractivity contribution is 8.14. The van der Waals surface area contributed by atoms with Crippen molar-refractivity contribution in [3.63, 3.8) is 0 Å². The summed E-state index contributed by atoms with van der Waals surface area (Å²) in [5.74, 6) is 0.334. The van der Waals surface area contributed by atoms with Crippen LogP contribution in [0.25, 0.3) is 0 Å². The van der Waals surface area contributed by atoms with Crippen molar-refractivity contribution < 1.29 is 10.0 Å². The minimum atomic E-state index is 0.0120. The van der Waals surface area contributed by atoms with Crippen molar-refractivity contribution >= 4 is 22.7 Å². The second-order valence-corrected chi connectivity index (χ2v) is 3.36. The van der Waals surface area contributed by atoms with E-state index in [9.17, 15) is 4.79 Å². The molecule has 0 saturated heterocycles. The fraction of sp³-hybridized carbons (Fsp3) is 0.667. The lowest BCUT2D eigenvalue weighted by molar-refractivity contribution is -0.125. The van der Waals surface area contributed by atoms with Gasteiger partial charge < -0.3 is 10.1 Å². The van der Waals surface area contributed by atoms with Gasteiger partial charge in [-0.25, -0.2) is 0 Å². The maximum Gasteiger partial charge on any atom is 0.232 e. The molecule has 0 aliphatic carbocycles. The van der Waals surface area contributed by atoms with Gasteiger partial charge in [0, 0.05) is 14.1 Å². The van der Waals surface area contributed by atoms with Gasteiger partial charge in [0.05, 0.1) is 5.75 Å². The highest BCUT2D eigenvalue weighted by Crippen LogP contribution is 2.03. The maximum absolute atomic E-state index is 10.9. The Kier molecular flexibility index (Phi) is 4.69. The van der Waals surface area contributed by atoms with Gasteiger partial charge in [0.25, 0.3) is 0 Å². The molecule has 0 unspecified atom stereocenters. The lowest BCUT2D eigenvalue weighted by atomic mass is 10.6. The molecule has 0 aromatic rings. The predicted octanol–water partition coefficient (Wildman–Crippen LogP) is 0.615. The molecule has 0 aliphatic heterocycles. The Morgan fingerprint density at radius 2 is 2.18 bits per heavy atom. The largest absolute Gasteiger partial charge is 0.410 e. The van der Waals surface area contributed by atoms with Crippen LogP contribution in [0.1, 0.15) is 6.92 Å². The van der Waals surface area contributed by atoms with Crippen molar-refractivity contribution in [2.75, 3.05) is 19.8 Å². The SMILES string of the molecule is CC(=NO)SCC(=O)N(C)C. The van der Waals surface area contributed by atoms with Crippen LogP contribution in [0, 0.1) is 0 Å². The summed E-state index contributed by atoms with van der Waals surface area (Å²) < 4.78 is 0. The van der Waals surface area contributed by atoms with Crippen molar-refractivity contribution in [2.24, 2.45) is 5.16 Å².